The molecular formula is C13H22N2O. The van der Waals surface area contributed by atoms with Crippen LogP contribution >= 0.6 is 0 Å². The van der Waals surface area contributed by atoms with Crippen molar-refractivity contribution in [3.63, 3.8) is 0 Å². The van der Waals surface area contributed by atoms with Gasteiger partial charge in [0, 0.05) is 19.2 Å². The molecule has 1 saturated carbocycles. The lowest BCUT2D eigenvalue weighted by Gasteiger charge is -2.10. The first kappa shape index (κ1) is 11.6. The lowest BCUT2D eigenvalue weighted by Crippen LogP contribution is -2.12. The van der Waals surface area contributed by atoms with Gasteiger partial charge in [-0.25, -0.2) is 0 Å². The third-order valence-corrected chi connectivity index (χ3v) is 2.71. The zero-order valence-corrected chi connectivity index (χ0v) is 10.5. The van der Waals surface area contributed by atoms with Crippen molar-refractivity contribution in [1.29, 1.82) is 0 Å². The molecule has 0 N–H and O–H groups in total. The lowest BCUT2D eigenvalue weighted by molar-refractivity contribution is 0.0529. The smallest absolute Gasteiger partial charge is 0.0592 e. The van der Waals surface area contributed by atoms with Gasteiger partial charge in [0.1, 0.15) is 0 Å². The van der Waals surface area contributed by atoms with E-state index in [4.69, 9.17) is 4.74 Å². The third kappa shape index (κ3) is 3.63. The number of rotatable bonds is 6. The summed E-state index contributed by atoms with van der Waals surface area (Å²) >= 11 is 0. The van der Waals surface area contributed by atoms with Crippen LogP contribution in [-0.2, 0) is 17.7 Å². The molecule has 1 aromatic rings. The van der Waals surface area contributed by atoms with E-state index in [0.717, 1.165) is 13.0 Å². The quantitative estimate of drug-likeness (QED) is 0.740. The van der Waals surface area contributed by atoms with E-state index in [0.29, 0.717) is 18.1 Å². The number of aromatic nitrogens is 2. The van der Waals surface area contributed by atoms with E-state index in [-0.39, 0.29) is 0 Å². The first-order chi connectivity index (χ1) is 7.63. The van der Waals surface area contributed by atoms with Crippen molar-refractivity contribution in [2.45, 2.75) is 58.8 Å². The molecule has 2 rings (SSSR count). The summed E-state index contributed by atoms with van der Waals surface area (Å²) in [7, 11) is 0. The second kappa shape index (κ2) is 5.00. The summed E-state index contributed by atoms with van der Waals surface area (Å²) in [5, 5.41) is 4.37. The minimum atomic E-state index is 0.323. The molecule has 0 aromatic carbocycles. The lowest BCUT2D eigenvalue weighted by atomic mass is 10.2. The second-order valence-corrected chi connectivity index (χ2v) is 5.31. The molecule has 3 nitrogen and oxygen atoms in total. The molecule has 1 unspecified atom stereocenters. The SMILES string of the molecule is CC(C)Cn1cc(CC(C)OC2CC2)cn1. The molecule has 0 saturated heterocycles. The van der Waals surface area contributed by atoms with Gasteiger partial charge in [-0.05, 0) is 31.2 Å². The highest BCUT2D eigenvalue weighted by molar-refractivity contribution is 5.05. The van der Waals surface area contributed by atoms with E-state index in [9.17, 15) is 0 Å². The van der Waals surface area contributed by atoms with Gasteiger partial charge in [-0.1, -0.05) is 13.8 Å². The minimum Gasteiger partial charge on any atom is -0.375 e. The number of hydrogen-bond donors (Lipinski definition) is 0. The summed E-state index contributed by atoms with van der Waals surface area (Å²) in [5.41, 5.74) is 1.29. The molecule has 1 aliphatic carbocycles. The van der Waals surface area contributed by atoms with Gasteiger partial charge in [-0.2, -0.15) is 5.10 Å². The van der Waals surface area contributed by atoms with E-state index in [1.54, 1.807) is 0 Å². The van der Waals surface area contributed by atoms with Gasteiger partial charge in [0.25, 0.3) is 0 Å². The Morgan fingerprint density at radius 1 is 1.44 bits per heavy atom. The van der Waals surface area contributed by atoms with Gasteiger partial charge in [-0.3, -0.25) is 4.68 Å². The van der Waals surface area contributed by atoms with Gasteiger partial charge in [0.05, 0.1) is 18.4 Å². The molecule has 1 aromatic heterocycles. The predicted molar refractivity (Wildman–Crippen MR) is 64.3 cm³/mol. The highest BCUT2D eigenvalue weighted by Gasteiger charge is 2.24. The van der Waals surface area contributed by atoms with Crippen molar-refractivity contribution in [2.24, 2.45) is 5.92 Å². The van der Waals surface area contributed by atoms with Gasteiger partial charge >= 0.3 is 0 Å². The number of ether oxygens (including phenoxy) is 1. The third-order valence-electron chi connectivity index (χ3n) is 2.71. The summed E-state index contributed by atoms with van der Waals surface area (Å²) in [6.07, 6.45) is 8.45. The fourth-order valence-corrected chi connectivity index (χ4v) is 1.90. The Bertz CT molecular complexity index is 328. The summed E-state index contributed by atoms with van der Waals surface area (Å²) < 4.78 is 7.85. The molecule has 1 atom stereocenters. The molecule has 0 spiro atoms. The van der Waals surface area contributed by atoms with E-state index >= 15 is 0 Å². The van der Waals surface area contributed by atoms with Crippen molar-refractivity contribution in [3.8, 4) is 0 Å². The molecule has 3 heteroatoms. The minimum absolute atomic E-state index is 0.323. The maximum absolute atomic E-state index is 5.82. The Kier molecular flexibility index (Phi) is 3.64. The topological polar surface area (TPSA) is 27.1 Å². The van der Waals surface area contributed by atoms with E-state index in [2.05, 4.69) is 32.1 Å². The van der Waals surface area contributed by atoms with Crippen LogP contribution in [0.4, 0.5) is 0 Å². The molecule has 0 bridgehead atoms. The largest absolute Gasteiger partial charge is 0.375 e. The van der Waals surface area contributed by atoms with Crippen molar-refractivity contribution in [3.05, 3.63) is 18.0 Å². The maximum Gasteiger partial charge on any atom is 0.0592 e. The van der Waals surface area contributed by atoms with Crippen LogP contribution in [0, 0.1) is 5.92 Å². The molecule has 0 aliphatic heterocycles. The zero-order chi connectivity index (χ0) is 11.5. The first-order valence-electron chi connectivity index (χ1n) is 6.30. The van der Waals surface area contributed by atoms with Crippen molar-refractivity contribution in [2.75, 3.05) is 0 Å². The van der Waals surface area contributed by atoms with Gasteiger partial charge in [-0.15, -0.1) is 0 Å². The Morgan fingerprint density at radius 2 is 2.19 bits per heavy atom. The molecular weight excluding hydrogens is 200 g/mol. The standard InChI is InChI=1S/C13H22N2O/c1-10(2)8-15-9-12(7-14-15)6-11(3)16-13-4-5-13/h7,9-11,13H,4-6,8H2,1-3H3. The summed E-state index contributed by atoms with van der Waals surface area (Å²) in [6.45, 7) is 7.57. The fourth-order valence-electron chi connectivity index (χ4n) is 1.90. The van der Waals surface area contributed by atoms with Crippen LogP contribution in [0.2, 0.25) is 0 Å². The average Bonchev–Trinajstić information content (AvgIpc) is 2.87. The van der Waals surface area contributed by atoms with Crippen LogP contribution in [0.15, 0.2) is 12.4 Å². The van der Waals surface area contributed by atoms with E-state index < -0.39 is 0 Å². The fraction of sp³-hybridized carbons (Fsp3) is 0.769. The van der Waals surface area contributed by atoms with Crippen LogP contribution in [0.3, 0.4) is 0 Å². The molecule has 0 amide bonds. The molecule has 1 aliphatic rings. The van der Waals surface area contributed by atoms with Crippen molar-refractivity contribution >= 4 is 0 Å². The van der Waals surface area contributed by atoms with Gasteiger partial charge in [0.2, 0.25) is 0 Å². The number of nitrogens with zero attached hydrogens (tertiary/aromatic N) is 2. The summed E-state index contributed by atoms with van der Waals surface area (Å²) in [5.74, 6) is 0.646. The molecule has 0 radical (unpaired) electrons. The van der Waals surface area contributed by atoms with Crippen molar-refractivity contribution < 1.29 is 4.74 Å². The Hall–Kier alpha value is -0.830. The van der Waals surface area contributed by atoms with Gasteiger partial charge < -0.3 is 4.74 Å². The highest BCUT2D eigenvalue weighted by Crippen LogP contribution is 2.25. The molecule has 1 heterocycles. The highest BCUT2D eigenvalue weighted by atomic mass is 16.5. The van der Waals surface area contributed by atoms with Crippen LogP contribution in [0.1, 0.15) is 39.2 Å². The van der Waals surface area contributed by atoms with E-state index in [1.807, 2.05) is 10.9 Å². The summed E-state index contributed by atoms with van der Waals surface area (Å²) in [6, 6.07) is 0. The maximum atomic E-state index is 5.82. The Morgan fingerprint density at radius 3 is 2.81 bits per heavy atom. The molecule has 16 heavy (non-hydrogen) atoms. The average molecular weight is 222 g/mol. The predicted octanol–water partition coefficient (Wildman–Crippen LogP) is 2.65. The Balaban J connectivity index is 1.81. The summed E-state index contributed by atoms with van der Waals surface area (Å²) in [4.78, 5) is 0. The molecule has 90 valence electrons. The first-order valence-corrected chi connectivity index (χ1v) is 6.30. The molecule has 1 fully saturated rings. The van der Waals surface area contributed by atoms with Gasteiger partial charge in [0.15, 0.2) is 0 Å². The van der Waals surface area contributed by atoms with Crippen LogP contribution in [0.25, 0.3) is 0 Å². The monoisotopic (exact) mass is 222 g/mol. The number of hydrogen-bond acceptors (Lipinski definition) is 2. The van der Waals surface area contributed by atoms with Crippen LogP contribution < -0.4 is 0 Å². The normalized spacial score (nSPS) is 18.0. The van der Waals surface area contributed by atoms with Crippen LogP contribution in [-0.4, -0.2) is 22.0 Å². The Labute approximate surface area is 97.8 Å². The zero-order valence-electron chi connectivity index (χ0n) is 10.5. The van der Waals surface area contributed by atoms with Crippen molar-refractivity contribution in [1.82, 2.24) is 9.78 Å². The second-order valence-electron chi connectivity index (χ2n) is 5.31. The van der Waals surface area contributed by atoms with Crippen LogP contribution in [0.5, 0.6) is 0 Å². The van der Waals surface area contributed by atoms with E-state index in [1.165, 1.54) is 18.4 Å².